The highest BCUT2D eigenvalue weighted by Gasteiger charge is 2.16. The summed E-state index contributed by atoms with van der Waals surface area (Å²) in [4.78, 5) is 13.4. The molecule has 16 heavy (non-hydrogen) atoms. The molecule has 6 nitrogen and oxygen atoms in total. The van der Waals surface area contributed by atoms with E-state index in [-0.39, 0.29) is 5.91 Å². The molecule has 1 aliphatic heterocycles. The van der Waals surface area contributed by atoms with E-state index >= 15 is 0 Å². The van der Waals surface area contributed by atoms with Gasteiger partial charge in [-0.3, -0.25) is 9.69 Å². The van der Waals surface area contributed by atoms with Crippen molar-refractivity contribution < 1.29 is 4.79 Å². The van der Waals surface area contributed by atoms with E-state index in [4.69, 9.17) is 0 Å². The van der Waals surface area contributed by atoms with E-state index in [2.05, 4.69) is 25.7 Å². The first kappa shape index (κ1) is 11.3. The lowest BCUT2D eigenvalue weighted by atomic mass is 10.4. The molecule has 2 N–H and O–H groups in total. The van der Waals surface area contributed by atoms with Gasteiger partial charge in [-0.2, -0.15) is 0 Å². The highest BCUT2D eigenvalue weighted by atomic mass is 32.1. The Kier molecular flexibility index (Phi) is 3.68. The summed E-state index contributed by atoms with van der Waals surface area (Å²) >= 11 is 1.53. The van der Waals surface area contributed by atoms with Gasteiger partial charge < -0.3 is 10.6 Å². The molecule has 1 aromatic heterocycles. The van der Waals surface area contributed by atoms with Gasteiger partial charge in [0.25, 0.3) is 0 Å². The number of carbonyl (C=O) groups is 1. The largest absolute Gasteiger partial charge is 0.363 e. The van der Waals surface area contributed by atoms with E-state index in [9.17, 15) is 4.79 Å². The van der Waals surface area contributed by atoms with Crippen LogP contribution < -0.4 is 10.6 Å². The Morgan fingerprint density at radius 2 is 2.44 bits per heavy atom. The zero-order chi connectivity index (χ0) is 11.4. The zero-order valence-corrected chi connectivity index (χ0v) is 10.0. The van der Waals surface area contributed by atoms with Gasteiger partial charge >= 0.3 is 0 Å². The summed E-state index contributed by atoms with van der Waals surface area (Å²) in [6, 6.07) is 0. The smallest absolute Gasteiger partial charge is 0.234 e. The Labute approximate surface area is 98.0 Å². The maximum Gasteiger partial charge on any atom is 0.234 e. The van der Waals surface area contributed by atoms with Crippen LogP contribution in [0.5, 0.6) is 0 Å². The Morgan fingerprint density at radius 3 is 3.19 bits per heavy atom. The van der Waals surface area contributed by atoms with E-state index in [1.54, 1.807) is 0 Å². The Morgan fingerprint density at radius 1 is 1.56 bits per heavy atom. The number of nitrogens with zero attached hydrogens (tertiary/aromatic N) is 3. The number of nitrogens with one attached hydrogen (secondary N) is 2. The van der Waals surface area contributed by atoms with Gasteiger partial charge in [0, 0.05) is 20.1 Å². The molecule has 7 heteroatoms. The predicted molar refractivity (Wildman–Crippen MR) is 62.4 cm³/mol. The van der Waals surface area contributed by atoms with E-state index in [1.807, 2.05) is 7.05 Å². The molecule has 0 aliphatic carbocycles. The monoisotopic (exact) mass is 241 g/mol. The third kappa shape index (κ3) is 2.89. The van der Waals surface area contributed by atoms with Gasteiger partial charge in [-0.25, -0.2) is 0 Å². The van der Waals surface area contributed by atoms with Crippen molar-refractivity contribution in [3.63, 3.8) is 0 Å². The van der Waals surface area contributed by atoms with Crippen LogP contribution in [0.3, 0.4) is 0 Å². The molecule has 0 unspecified atom stereocenters. The van der Waals surface area contributed by atoms with Crippen molar-refractivity contribution in [3.8, 4) is 0 Å². The molecule has 0 spiro atoms. The molecule has 0 aromatic carbocycles. The molecular weight excluding hydrogens is 226 g/mol. The van der Waals surface area contributed by atoms with Crippen molar-refractivity contribution in [2.24, 2.45) is 0 Å². The lowest BCUT2D eigenvalue weighted by molar-refractivity contribution is -0.121. The first-order valence-corrected chi connectivity index (χ1v) is 6.09. The second-order valence-corrected chi connectivity index (χ2v) is 4.73. The molecule has 1 aliphatic rings. The molecule has 1 saturated heterocycles. The maximum atomic E-state index is 11.3. The molecular formula is C9H15N5OS. The highest BCUT2D eigenvalue weighted by molar-refractivity contribution is 7.15. The molecule has 0 saturated carbocycles. The number of aromatic nitrogens is 2. The number of hydrogen-bond donors (Lipinski definition) is 2. The van der Waals surface area contributed by atoms with Gasteiger partial charge in [0.05, 0.1) is 13.1 Å². The van der Waals surface area contributed by atoms with Gasteiger partial charge in [0.2, 0.25) is 11.0 Å². The lowest BCUT2D eigenvalue weighted by Crippen LogP contribution is -2.32. The van der Waals surface area contributed by atoms with Gasteiger partial charge in [-0.1, -0.05) is 11.3 Å². The van der Waals surface area contributed by atoms with Crippen molar-refractivity contribution >= 4 is 22.4 Å². The molecule has 1 fully saturated rings. The van der Waals surface area contributed by atoms with Gasteiger partial charge in [0.15, 0.2) is 0 Å². The summed E-state index contributed by atoms with van der Waals surface area (Å²) < 4.78 is 0. The second kappa shape index (κ2) is 5.22. The minimum absolute atomic E-state index is 0.0934. The summed E-state index contributed by atoms with van der Waals surface area (Å²) in [6.07, 6.45) is 0.990. The third-order valence-corrected chi connectivity index (χ3v) is 3.31. The quantitative estimate of drug-likeness (QED) is 0.773. The SMILES string of the molecule is CNc1nnc(CN2CCCNC(=O)C2)s1. The Hall–Kier alpha value is -1.21. The van der Waals surface area contributed by atoms with Crippen molar-refractivity contribution in [1.29, 1.82) is 0 Å². The second-order valence-electron chi connectivity index (χ2n) is 3.67. The molecule has 0 bridgehead atoms. The lowest BCUT2D eigenvalue weighted by Gasteiger charge is -2.15. The van der Waals surface area contributed by atoms with Crippen LogP contribution in [0.4, 0.5) is 5.13 Å². The van der Waals surface area contributed by atoms with Crippen LogP contribution in [0, 0.1) is 0 Å². The summed E-state index contributed by atoms with van der Waals surface area (Å²) in [5.74, 6) is 0.0934. The van der Waals surface area contributed by atoms with Crippen LogP contribution >= 0.6 is 11.3 Å². The van der Waals surface area contributed by atoms with E-state index < -0.39 is 0 Å². The fourth-order valence-electron chi connectivity index (χ4n) is 1.61. The number of rotatable bonds is 3. The van der Waals surface area contributed by atoms with Crippen molar-refractivity contribution in [2.75, 3.05) is 32.0 Å². The van der Waals surface area contributed by atoms with Crippen molar-refractivity contribution in [3.05, 3.63) is 5.01 Å². The highest BCUT2D eigenvalue weighted by Crippen LogP contribution is 2.16. The van der Waals surface area contributed by atoms with Gasteiger partial charge in [-0.15, -0.1) is 10.2 Å². The maximum absolute atomic E-state index is 11.3. The third-order valence-electron chi connectivity index (χ3n) is 2.38. The van der Waals surface area contributed by atoms with Crippen LogP contribution in [-0.2, 0) is 11.3 Å². The van der Waals surface area contributed by atoms with E-state index in [1.165, 1.54) is 11.3 Å². The fraction of sp³-hybridized carbons (Fsp3) is 0.667. The minimum atomic E-state index is 0.0934. The number of carbonyl (C=O) groups excluding carboxylic acids is 1. The first-order chi connectivity index (χ1) is 7.78. The zero-order valence-electron chi connectivity index (χ0n) is 9.19. The Bertz CT molecular complexity index is 367. The van der Waals surface area contributed by atoms with Crippen LogP contribution in [0.25, 0.3) is 0 Å². The predicted octanol–water partition coefficient (Wildman–Crippen LogP) is -0.0983. The summed E-state index contributed by atoms with van der Waals surface area (Å²) in [6.45, 7) is 2.85. The molecule has 0 radical (unpaired) electrons. The molecule has 1 amide bonds. The number of hydrogen-bond acceptors (Lipinski definition) is 6. The number of amides is 1. The Balaban J connectivity index is 1.94. The van der Waals surface area contributed by atoms with Crippen molar-refractivity contribution in [2.45, 2.75) is 13.0 Å². The summed E-state index contributed by atoms with van der Waals surface area (Å²) in [7, 11) is 1.82. The molecule has 88 valence electrons. The van der Waals surface area contributed by atoms with Gasteiger partial charge in [-0.05, 0) is 6.42 Å². The molecule has 2 rings (SSSR count). The first-order valence-electron chi connectivity index (χ1n) is 5.27. The topological polar surface area (TPSA) is 70.2 Å². The van der Waals surface area contributed by atoms with Crippen LogP contribution in [-0.4, -0.2) is 47.7 Å². The average molecular weight is 241 g/mol. The summed E-state index contributed by atoms with van der Waals surface area (Å²) in [5, 5.41) is 15.6. The molecule has 2 heterocycles. The van der Waals surface area contributed by atoms with Crippen LogP contribution in [0.1, 0.15) is 11.4 Å². The van der Waals surface area contributed by atoms with Crippen molar-refractivity contribution in [1.82, 2.24) is 20.4 Å². The van der Waals surface area contributed by atoms with E-state index in [0.29, 0.717) is 13.1 Å². The normalized spacial score (nSPS) is 17.9. The average Bonchev–Trinajstić information content (AvgIpc) is 2.62. The van der Waals surface area contributed by atoms with Crippen LogP contribution in [0.15, 0.2) is 0 Å². The number of anilines is 1. The fourth-order valence-corrected chi connectivity index (χ4v) is 2.35. The molecule has 1 aromatic rings. The molecule has 0 atom stereocenters. The van der Waals surface area contributed by atoms with Gasteiger partial charge in [0.1, 0.15) is 5.01 Å². The van der Waals surface area contributed by atoms with E-state index in [0.717, 1.165) is 29.6 Å². The standard InChI is InChI=1S/C9H15N5OS/c1-10-9-13-12-8(16-9)6-14-4-2-3-11-7(15)5-14/h2-6H2,1H3,(H,10,13)(H,11,15). The van der Waals surface area contributed by atoms with Crippen LogP contribution in [0.2, 0.25) is 0 Å². The minimum Gasteiger partial charge on any atom is -0.363 e. The summed E-state index contributed by atoms with van der Waals surface area (Å²) in [5.41, 5.74) is 0.